The van der Waals surface area contributed by atoms with E-state index >= 15 is 0 Å². The lowest BCUT2D eigenvalue weighted by Gasteiger charge is -2.11. The average molecular weight is 393 g/mol. The Morgan fingerprint density at radius 1 is 1.23 bits per heavy atom. The van der Waals surface area contributed by atoms with Crippen LogP contribution in [-0.4, -0.2) is 18.2 Å². The molecule has 2 N–H and O–H groups in total. The van der Waals surface area contributed by atoms with Gasteiger partial charge in [0.2, 0.25) is 0 Å². The molecule has 1 aromatic heterocycles. The number of halogens is 1. The molecule has 4 nitrogen and oxygen atoms in total. The maximum absolute atomic E-state index is 13.7. The second-order valence-electron chi connectivity index (χ2n) is 6.30. The van der Waals surface area contributed by atoms with Crippen molar-refractivity contribution in [1.29, 1.82) is 0 Å². The zero-order valence-electron chi connectivity index (χ0n) is 14.8. The molecule has 1 aromatic carbocycles. The fourth-order valence-corrected chi connectivity index (χ4v) is 4.65. The van der Waals surface area contributed by atoms with Crippen molar-refractivity contribution < 1.29 is 13.9 Å². The molecule has 138 valence electrons. The van der Waals surface area contributed by atoms with Crippen LogP contribution in [0.1, 0.15) is 45.6 Å². The van der Waals surface area contributed by atoms with Crippen LogP contribution >= 0.6 is 23.6 Å². The monoisotopic (exact) mass is 392 g/mol. The normalized spacial score (nSPS) is 13.5. The summed E-state index contributed by atoms with van der Waals surface area (Å²) in [5.41, 5.74) is 2.78. The fourth-order valence-electron chi connectivity index (χ4n) is 3.08. The lowest BCUT2D eigenvalue weighted by Crippen LogP contribution is -2.20. The van der Waals surface area contributed by atoms with Crippen molar-refractivity contribution in [3.63, 3.8) is 0 Å². The maximum atomic E-state index is 13.7. The number of nitrogens with one attached hydrogen (secondary N) is 2. The van der Waals surface area contributed by atoms with E-state index in [1.165, 1.54) is 24.5 Å². The summed E-state index contributed by atoms with van der Waals surface area (Å²) in [6, 6.07) is 4.85. The predicted octanol–water partition coefficient (Wildman–Crippen LogP) is 5.06. The molecule has 1 aliphatic carbocycles. The van der Waals surface area contributed by atoms with E-state index in [9.17, 15) is 9.18 Å². The predicted molar refractivity (Wildman–Crippen MR) is 108 cm³/mol. The lowest BCUT2D eigenvalue weighted by molar-refractivity contribution is 0.0601. The highest BCUT2D eigenvalue weighted by Crippen LogP contribution is 2.38. The van der Waals surface area contributed by atoms with E-state index in [-0.39, 0.29) is 11.8 Å². The number of rotatable bonds is 3. The van der Waals surface area contributed by atoms with Crippen molar-refractivity contribution in [3.05, 3.63) is 45.6 Å². The molecule has 0 saturated heterocycles. The molecule has 0 atom stereocenters. The van der Waals surface area contributed by atoms with Crippen LogP contribution in [0.15, 0.2) is 18.2 Å². The van der Waals surface area contributed by atoms with Gasteiger partial charge in [-0.2, -0.15) is 0 Å². The summed E-state index contributed by atoms with van der Waals surface area (Å²) < 4.78 is 18.7. The second-order valence-corrected chi connectivity index (χ2v) is 7.82. The first kappa shape index (κ1) is 18.8. The molecule has 2 aromatic rings. The molecular formula is C19H21FN2O2S2. The Kier molecular flexibility index (Phi) is 5.88. The summed E-state index contributed by atoms with van der Waals surface area (Å²) in [7, 11) is 1.39. The lowest BCUT2D eigenvalue weighted by atomic mass is 10.1. The number of methoxy groups -OCH3 is 1. The topological polar surface area (TPSA) is 50.4 Å². The number of hydrogen-bond acceptors (Lipinski definition) is 4. The van der Waals surface area contributed by atoms with Gasteiger partial charge in [0.1, 0.15) is 10.8 Å². The third-order valence-corrected chi connectivity index (χ3v) is 5.88. The van der Waals surface area contributed by atoms with Gasteiger partial charge in [-0.15, -0.1) is 11.3 Å². The summed E-state index contributed by atoms with van der Waals surface area (Å²) in [5, 5.41) is 7.08. The molecule has 0 radical (unpaired) electrons. The van der Waals surface area contributed by atoms with Crippen molar-refractivity contribution in [2.24, 2.45) is 0 Å². The number of thiocarbonyl (C=S) groups is 1. The molecule has 0 bridgehead atoms. The Morgan fingerprint density at radius 3 is 2.73 bits per heavy atom. The van der Waals surface area contributed by atoms with Gasteiger partial charge in [0, 0.05) is 10.6 Å². The van der Waals surface area contributed by atoms with Crippen LogP contribution in [0.2, 0.25) is 0 Å². The third kappa shape index (κ3) is 4.04. The first-order chi connectivity index (χ1) is 12.5. The van der Waals surface area contributed by atoms with Crippen LogP contribution in [0.3, 0.4) is 0 Å². The Balaban J connectivity index is 1.83. The van der Waals surface area contributed by atoms with Gasteiger partial charge in [0.25, 0.3) is 0 Å². The van der Waals surface area contributed by atoms with Crippen LogP contribution in [0.25, 0.3) is 0 Å². The van der Waals surface area contributed by atoms with Gasteiger partial charge in [0.15, 0.2) is 5.11 Å². The van der Waals surface area contributed by atoms with Crippen LogP contribution in [0, 0.1) is 12.7 Å². The van der Waals surface area contributed by atoms with Crippen molar-refractivity contribution in [3.8, 4) is 0 Å². The number of benzene rings is 1. The highest BCUT2D eigenvalue weighted by Gasteiger charge is 2.25. The van der Waals surface area contributed by atoms with E-state index in [4.69, 9.17) is 17.0 Å². The highest BCUT2D eigenvalue weighted by molar-refractivity contribution is 7.80. The first-order valence-corrected chi connectivity index (χ1v) is 9.79. The van der Waals surface area contributed by atoms with Gasteiger partial charge in [0.05, 0.1) is 12.7 Å². The van der Waals surface area contributed by atoms with Crippen LogP contribution in [-0.2, 0) is 17.6 Å². The van der Waals surface area contributed by atoms with Gasteiger partial charge < -0.3 is 15.4 Å². The number of hydrogen-bond donors (Lipinski definition) is 2. The Labute approximate surface area is 161 Å². The molecule has 0 spiro atoms. The van der Waals surface area contributed by atoms with E-state index in [1.54, 1.807) is 30.4 Å². The Hall–Kier alpha value is -1.99. The zero-order valence-corrected chi connectivity index (χ0v) is 16.4. The molecular weight excluding hydrogens is 371 g/mol. The number of fused-ring (bicyclic) bond motifs is 1. The van der Waals surface area contributed by atoms with E-state index in [2.05, 4.69) is 10.6 Å². The molecule has 0 fully saturated rings. The standard InChI is InChI=1S/C19H21FN2O2S2/c1-11-8-9-12(10-14(11)20)21-19(25)22-17-16(18(23)24-2)13-6-4-3-5-7-15(13)26-17/h8-10H,3-7H2,1-2H3,(H2,21,22,25). The molecule has 7 heteroatoms. The summed E-state index contributed by atoms with van der Waals surface area (Å²) in [4.78, 5) is 13.5. The number of anilines is 2. The molecule has 1 aliphatic rings. The Morgan fingerprint density at radius 2 is 2.00 bits per heavy atom. The minimum Gasteiger partial charge on any atom is -0.465 e. The first-order valence-electron chi connectivity index (χ1n) is 8.56. The Bertz CT molecular complexity index is 848. The van der Waals surface area contributed by atoms with Crippen molar-refractivity contribution in [2.75, 3.05) is 17.7 Å². The third-order valence-electron chi connectivity index (χ3n) is 4.47. The number of carbonyl (C=O) groups excluding carboxylic acids is 1. The van der Waals surface area contributed by atoms with E-state index in [0.717, 1.165) is 31.2 Å². The van der Waals surface area contributed by atoms with Gasteiger partial charge in [-0.05, 0) is 68.1 Å². The van der Waals surface area contributed by atoms with Gasteiger partial charge in [-0.25, -0.2) is 9.18 Å². The number of esters is 1. The van der Waals surface area contributed by atoms with Gasteiger partial charge in [-0.1, -0.05) is 12.5 Å². The zero-order chi connectivity index (χ0) is 18.7. The summed E-state index contributed by atoms with van der Waals surface area (Å²) in [6.45, 7) is 1.71. The number of thiophene rings is 1. The van der Waals surface area contributed by atoms with Crippen LogP contribution < -0.4 is 10.6 Å². The SMILES string of the molecule is COC(=O)c1c(NC(=S)Nc2ccc(C)c(F)c2)sc2c1CCCCC2. The second kappa shape index (κ2) is 8.14. The van der Waals surface area contributed by atoms with Crippen LogP contribution in [0.4, 0.5) is 15.1 Å². The van der Waals surface area contributed by atoms with Crippen LogP contribution in [0.5, 0.6) is 0 Å². The van der Waals surface area contributed by atoms with Crippen molar-refractivity contribution in [1.82, 2.24) is 0 Å². The van der Waals surface area contributed by atoms with Crippen molar-refractivity contribution >= 4 is 45.3 Å². The fraction of sp³-hybridized carbons (Fsp3) is 0.368. The van der Waals surface area contributed by atoms with Gasteiger partial charge in [-0.3, -0.25) is 0 Å². The number of ether oxygens (including phenoxy) is 1. The van der Waals surface area contributed by atoms with E-state index in [1.807, 2.05) is 0 Å². The highest BCUT2D eigenvalue weighted by atomic mass is 32.1. The minimum atomic E-state index is -0.351. The van der Waals surface area contributed by atoms with E-state index in [0.29, 0.717) is 26.9 Å². The molecule has 1 heterocycles. The summed E-state index contributed by atoms with van der Waals surface area (Å²) in [5.74, 6) is -0.646. The van der Waals surface area contributed by atoms with Crippen molar-refractivity contribution in [2.45, 2.75) is 39.0 Å². The molecule has 0 saturated carbocycles. The molecule has 0 unspecified atom stereocenters. The molecule has 26 heavy (non-hydrogen) atoms. The number of aryl methyl sites for hydroxylation is 2. The molecule has 0 amide bonds. The van der Waals surface area contributed by atoms with E-state index < -0.39 is 0 Å². The molecule has 3 rings (SSSR count). The number of carbonyl (C=O) groups is 1. The average Bonchev–Trinajstić information content (AvgIpc) is 2.78. The quantitative estimate of drug-likeness (QED) is 0.434. The largest absolute Gasteiger partial charge is 0.465 e. The summed E-state index contributed by atoms with van der Waals surface area (Å²) in [6.07, 6.45) is 5.21. The minimum absolute atomic E-state index is 0.295. The smallest absolute Gasteiger partial charge is 0.341 e. The maximum Gasteiger partial charge on any atom is 0.341 e. The van der Waals surface area contributed by atoms with Gasteiger partial charge >= 0.3 is 5.97 Å². The molecule has 0 aliphatic heterocycles. The summed E-state index contributed by atoms with van der Waals surface area (Å²) >= 11 is 6.90.